The van der Waals surface area contributed by atoms with Crippen LogP contribution < -0.4 is 5.32 Å². The zero-order chi connectivity index (χ0) is 21.6. The van der Waals surface area contributed by atoms with Crippen molar-refractivity contribution in [3.63, 3.8) is 0 Å². The van der Waals surface area contributed by atoms with Crippen LogP contribution in [0, 0.1) is 17.8 Å². The number of nitrogens with one attached hydrogen (secondary N) is 1. The van der Waals surface area contributed by atoms with Crippen LogP contribution in [0.4, 0.5) is 4.79 Å². The molecule has 2 heterocycles. The van der Waals surface area contributed by atoms with Crippen LogP contribution in [-0.2, 0) is 9.47 Å². The average Bonchev–Trinajstić information content (AvgIpc) is 2.69. The van der Waals surface area contributed by atoms with Crippen molar-refractivity contribution in [2.75, 3.05) is 13.2 Å². The predicted molar refractivity (Wildman–Crippen MR) is 114 cm³/mol. The SMILES string of the molecule is CC1(C)CC2(CC(C)(C)N1)OC(=O)N(CCOC13CC4CC(CC(C4)C1)C3)C2(C)O. The van der Waals surface area contributed by atoms with Crippen molar-refractivity contribution in [3.05, 3.63) is 0 Å². The summed E-state index contributed by atoms with van der Waals surface area (Å²) in [6, 6.07) is 0. The van der Waals surface area contributed by atoms with Gasteiger partial charge in [-0.3, -0.25) is 4.90 Å². The van der Waals surface area contributed by atoms with Gasteiger partial charge in [0.05, 0.1) is 18.8 Å². The van der Waals surface area contributed by atoms with E-state index in [1.54, 1.807) is 6.92 Å². The number of aliphatic hydroxyl groups is 1. The fraction of sp³-hybridized carbons (Fsp3) is 0.958. The van der Waals surface area contributed by atoms with E-state index in [4.69, 9.17) is 9.47 Å². The minimum atomic E-state index is -1.36. The molecule has 6 fully saturated rings. The van der Waals surface area contributed by atoms with Gasteiger partial charge in [0.25, 0.3) is 0 Å². The lowest BCUT2D eigenvalue weighted by atomic mass is 9.54. The molecule has 1 atom stereocenters. The molecule has 0 aromatic carbocycles. The van der Waals surface area contributed by atoms with Gasteiger partial charge in [-0.25, -0.2) is 4.79 Å². The summed E-state index contributed by atoms with van der Waals surface area (Å²) < 4.78 is 12.5. The summed E-state index contributed by atoms with van der Waals surface area (Å²) in [5, 5.41) is 15.2. The third-order valence-corrected chi connectivity index (χ3v) is 8.73. The van der Waals surface area contributed by atoms with E-state index in [1.807, 2.05) is 0 Å². The molecule has 0 aromatic heterocycles. The molecule has 4 aliphatic carbocycles. The minimum absolute atomic E-state index is 0.0145. The Morgan fingerprint density at radius 1 is 1.00 bits per heavy atom. The molecule has 4 saturated carbocycles. The molecule has 170 valence electrons. The van der Waals surface area contributed by atoms with Crippen molar-refractivity contribution in [1.82, 2.24) is 10.2 Å². The highest BCUT2D eigenvalue weighted by atomic mass is 16.6. The number of carbonyl (C=O) groups excluding carboxylic acids is 1. The van der Waals surface area contributed by atoms with E-state index in [2.05, 4.69) is 33.0 Å². The van der Waals surface area contributed by atoms with Gasteiger partial charge in [0.1, 0.15) is 0 Å². The van der Waals surface area contributed by atoms with Crippen molar-refractivity contribution >= 4 is 6.09 Å². The number of carbonyl (C=O) groups is 1. The highest BCUT2D eigenvalue weighted by Gasteiger charge is 2.66. The second-order valence-corrected chi connectivity index (χ2v) is 12.7. The Hall–Kier alpha value is -0.850. The van der Waals surface area contributed by atoms with Gasteiger partial charge in [-0.1, -0.05) is 0 Å². The normalized spacial score (nSPS) is 45.2. The zero-order valence-corrected chi connectivity index (χ0v) is 19.4. The first-order chi connectivity index (χ1) is 13.8. The fourth-order valence-electron chi connectivity index (χ4n) is 8.51. The van der Waals surface area contributed by atoms with Crippen LogP contribution in [-0.4, -0.2) is 57.3 Å². The summed E-state index contributed by atoms with van der Waals surface area (Å²) >= 11 is 0. The van der Waals surface area contributed by atoms with Gasteiger partial charge in [0, 0.05) is 23.9 Å². The molecule has 2 saturated heterocycles. The Bertz CT molecular complexity index is 677. The molecule has 0 aromatic rings. The maximum atomic E-state index is 12.9. The summed E-state index contributed by atoms with van der Waals surface area (Å²) in [6.07, 6.45) is 8.44. The zero-order valence-electron chi connectivity index (χ0n) is 19.4. The number of ether oxygens (including phenoxy) is 2. The van der Waals surface area contributed by atoms with Crippen molar-refractivity contribution in [2.45, 2.75) is 114 Å². The van der Waals surface area contributed by atoms with Crippen molar-refractivity contribution in [1.29, 1.82) is 0 Å². The van der Waals surface area contributed by atoms with Crippen molar-refractivity contribution in [3.8, 4) is 0 Å². The van der Waals surface area contributed by atoms with Gasteiger partial charge in [-0.15, -0.1) is 0 Å². The molecular weight excluding hydrogens is 380 g/mol. The first-order valence-corrected chi connectivity index (χ1v) is 12.0. The Morgan fingerprint density at radius 2 is 1.50 bits per heavy atom. The molecule has 4 bridgehead atoms. The standard InChI is InChI=1S/C24H40N2O4/c1-20(2)14-24(15-21(3,4)25-20)22(5,28)26(19(27)30-24)6-7-29-23-11-16-8-17(12-23)10-18(9-16)13-23/h16-18,25,28H,6-15H2,1-5H3. The smallest absolute Gasteiger partial charge is 0.412 e. The lowest BCUT2D eigenvalue weighted by Crippen LogP contribution is -2.70. The summed E-state index contributed by atoms with van der Waals surface area (Å²) in [6.45, 7) is 11.0. The van der Waals surface area contributed by atoms with Crippen molar-refractivity contribution in [2.24, 2.45) is 17.8 Å². The molecule has 2 aliphatic heterocycles. The summed E-state index contributed by atoms with van der Waals surface area (Å²) in [5.41, 5.74) is -2.73. The number of amides is 1. The number of hydrogen-bond acceptors (Lipinski definition) is 5. The molecule has 2 N–H and O–H groups in total. The number of hydrogen-bond donors (Lipinski definition) is 2. The van der Waals surface area contributed by atoms with Crippen LogP contribution in [0.25, 0.3) is 0 Å². The average molecular weight is 421 g/mol. The van der Waals surface area contributed by atoms with Crippen LogP contribution in [0.5, 0.6) is 0 Å². The van der Waals surface area contributed by atoms with E-state index in [0.29, 0.717) is 26.0 Å². The minimum Gasteiger partial charge on any atom is -0.437 e. The quantitative estimate of drug-likeness (QED) is 0.724. The molecule has 1 unspecified atom stereocenters. The van der Waals surface area contributed by atoms with Crippen molar-refractivity contribution < 1.29 is 19.4 Å². The van der Waals surface area contributed by atoms with Gasteiger partial charge in [0.15, 0.2) is 11.3 Å². The molecule has 0 radical (unpaired) electrons. The van der Waals surface area contributed by atoms with E-state index in [0.717, 1.165) is 17.8 Å². The molecular formula is C24H40N2O4. The largest absolute Gasteiger partial charge is 0.437 e. The Labute approximate surface area is 181 Å². The van der Waals surface area contributed by atoms with E-state index < -0.39 is 17.4 Å². The lowest BCUT2D eigenvalue weighted by Gasteiger charge is -2.56. The number of piperidine rings is 1. The topological polar surface area (TPSA) is 71.0 Å². The molecule has 6 nitrogen and oxygen atoms in total. The molecule has 30 heavy (non-hydrogen) atoms. The Balaban J connectivity index is 1.28. The predicted octanol–water partition coefficient (Wildman–Crippen LogP) is 3.81. The lowest BCUT2D eigenvalue weighted by molar-refractivity contribution is -0.191. The molecule has 6 aliphatic rings. The van der Waals surface area contributed by atoms with E-state index in [9.17, 15) is 9.90 Å². The van der Waals surface area contributed by atoms with Crippen LogP contribution in [0.3, 0.4) is 0 Å². The highest BCUT2D eigenvalue weighted by molar-refractivity contribution is 5.72. The monoisotopic (exact) mass is 420 g/mol. The van der Waals surface area contributed by atoms with Crippen LogP contribution in [0.15, 0.2) is 0 Å². The van der Waals surface area contributed by atoms with Gasteiger partial charge in [0.2, 0.25) is 0 Å². The summed E-state index contributed by atoms with van der Waals surface area (Å²) in [4.78, 5) is 14.4. The van der Waals surface area contributed by atoms with Crippen LogP contribution in [0.1, 0.15) is 86.0 Å². The second-order valence-electron chi connectivity index (χ2n) is 12.7. The van der Waals surface area contributed by atoms with Crippen LogP contribution >= 0.6 is 0 Å². The maximum absolute atomic E-state index is 12.9. The Morgan fingerprint density at radius 3 is 2.00 bits per heavy atom. The van der Waals surface area contributed by atoms with E-state index in [1.165, 1.54) is 43.4 Å². The van der Waals surface area contributed by atoms with E-state index >= 15 is 0 Å². The molecule has 6 rings (SSSR count). The summed E-state index contributed by atoms with van der Waals surface area (Å²) in [7, 11) is 0. The third kappa shape index (κ3) is 3.29. The Kier molecular flexibility index (Phi) is 4.45. The highest BCUT2D eigenvalue weighted by Crippen LogP contribution is 2.57. The fourth-order valence-corrected chi connectivity index (χ4v) is 8.51. The van der Waals surface area contributed by atoms with E-state index in [-0.39, 0.29) is 16.7 Å². The molecule has 6 heteroatoms. The second kappa shape index (κ2) is 6.35. The maximum Gasteiger partial charge on any atom is 0.412 e. The van der Waals surface area contributed by atoms with Gasteiger partial charge < -0.3 is 19.9 Å². The first kappa shape index (κ1) is 21.0. The third-order valence-electron chi connectivity index (χ3n) is 8.73. The number of rotatable bonds is 4. The van der Waals surface area contributed by atoms with Gasteiger partial charge in [-0.2, -0.15) is 0 Å². The first-order valence-electron chi connectivity index (χ1n) is 12.0. The number of nitrogens with zero attached hydrogens (tertiary/aromatic N) is 1. The molecule has 1 amide bonds. The van der Waals surface area contributed by atoms with Gasteiger partial charge in [-0.05, 0) is 90.9 Å². The molecule has 1 spiro atoms. The summed E-state index contributed by atoms with van der Waals surface area (Å²) in [5.74, 6) is 2.50. The van der Waals surface area contributed by atoms with Gasteiger partial charge >= 0.3 is 6.09 Å². The van der Waals surface area contributed by atoms with Crippen LogP contribution in [0.2, 0.25) is 0 Å².